The van der Waals surface area contributed by atoms with Gasteiger partial charge in [0.1, 0.15) is 5.75 Å². The molecule has 1 aliphatic rings. The zero-order valence-electron chi connectivity index (χ0n) is 17.8. The van der Waals surface area contributed by atoms with Gasteiger partial charge in [-0.05, 0) is 81.3 Å². The van der Waals surface area contributed by atoms with Gasteiger partial charge in [0, 0.05) is 25.1 Å². The second-order valence-corrected chi connectivity index (χ2v) is 8.00. The van der Waals surface area contributed by atoms with Gasteiger partial charge in [-0.25, -0.2) is 0 Å². The lowest BCUT2D eigenvalue weighted by molar-refractivity contribution is -0.122. The number of hydrogen-bond donors (Lipinski definition) is 3. The van der Waals surface area contributed by atoms with E-state index < -0.39 is 6.04 Å². The zero-order chi connectivity index (χ0) is 21.2. The largest absolute Gasteiger partial charge is 0.494 e. The summed E-state index contributed by atoms with van der Waals surface area (Å²) in [6.07, 6.45) is 9.72. The van der Waals surface area contributed by atoms with E-state index in [4.69, 9.17) is 10.5 Å². The van der Waals surface area contributed by atoms with Crippen molar-refractivity contribution in [2.75, 3.05) is 19.7 Å². The molecule has 0 radical (unpaired) electrons. The number of aryl methyl sites for hydroxylation is 2. The van der Waals surface area contributed by atoms with E-state index >= 15 is 0 Å². The van der Waals surface area contributed by atoms with E-state index in [0.717, 1.165) is 42.1 Å². The number of amides is 1. The molecular formula is C23H33N5O2. The molecule has 1 aliphatic heterocycles. The lowest BCUT2D eigenvalue weighted by Crippen LogP contribution is -2.40. The third-order valence-corrected chi connectivity index (χ3v) is 5.63. The predicted octanol–water partition coefficient (Wildman–Crippen LogP) is 2.13. The highest BCUT2D eigenvalue weighted by atomic mass is 16.5. The maximum absolute atomic E-state index is 12.4. The highest BCUT2D eigenvalue weighted by Gasteiger charge is 2.15. The fraction of sp³-hybridized carbons (Fsp3) is 0.522. The monoisotopic (exact) mass is 411 g/mol. The molecule has 2 unspecified atom stereocenters. The molecule has 0 aliphatic carbocycles. The number of benzene rings is 1. The third kappa shape index (κ3) is 7.07. The van der Waals surface area contributed by atoms with Gasteiger partial charge in [0.2, 0.25) is 5.91 Å². The molecule has 2 atom stereocenters. The first-order valence-corrected chi connectivity index (χ1v) is 10.8. The zero-order valence-corrected chi connectivity index (χ0v) is 17.8. The minimum absolute atomic E-state index is 0.158. The number of rotatable bonds is 10. The van der Waals surface area contributed by atoms with Crippen molar-refractivity contribution in [2.45, 2.75) is 51.6 Å². The van der Waals surface area contributed by atoms with Crippen LogP contribution in [-0.4, -0.2) is 41.6 Å². The van der Waals surface area contributed by atoms with Crippen molar-refractivity contribution < 1.29 is 9.53 Å². The Labute approximate surface area is 178 Å². The van der Waals surface area contributed by atoms with E-state index in [0.29, 0.717) is 31.9 Å². The summed E-state index contributed by atoms with van der Waals surface area (Å²) >= 11 is 0. The number of hydrogen-bond acceptors (Lipinski definition) is 6. The first-order valence-electron chi connectivity index (χ1n) is 10.8. The summed E-state index contributed by atoms with van der Waals surface area (Å²) in [6, 6.07) is 5.47. The van der Waals surface area contributed by atoms with Crippen molar-refractivity contribution in [2.24, 2.45) is 11.7 Å². The number of ether oxygens (including phenoxy) is 1. The smallest absolute Gasteiger partial charge is 0.237 e. The van der Waals surface area contributed by atoms with E-state index in [-0.39, 0.29) is 5.91 Å². The standard InChI is InChI=1S/C23H33N5O2/c1-17-4-6-21(30-12-8-18-3-2-9-25-14-18)13-19(17)15-28-23(29)22(24)7-5-20-16-26-10-11-27-20/h4,6,10-11,13,16,18,22,25H,2-3,5,7-9,12,14-15,24H2,1H3,(H,28,29). The van der Waals surface area contributed by atoms with Crippen LogP contribution >= 0.6 is 0 Å². The highest BCUT2D eigenvalue weighted by molar-refractivity contribution is 5.81. The molecule has 3 rings (SSSR count). The maximum atomic E-state index is 12.4. The Morgan fingerprint density at radius 3 is 3.07 bits per heavy atom. The lowest BCUT2D eigenvalue weighted by atomic mass is 9.97. The van der Waals surface area contributed by atoms with Gasteiger partial charge in [0.05, 0.1) is 18.3 Å². The van der Waals surface area contributed by atoms with Crippen molar-refractivity contribution in [1.29, 1.82) is 0 Å². The van der Waals surface area contributed by atoms with Crippen molar-refractivity contribution in [3.8, 4) is 5.75 Å². The van der Waals surface area contributed by atoms with Crippen LogP contribution in [0.3, 0.4) is 0 Å². The van der Waals surface area contributed by atoms with Crippen LogP contribution in [0.5, 0.6) is 5.75 Å². The fourth-order valence-corrected chi connectivity index (χ4v) is 3.65. The Bertz CT molecular complexity index is 793. The van der Waals surface area contributed by atoms with Crippen LogP contribution in [0.15, 0.2) is 36.8 Å². The summed E-state index contributed by atoms with van der Waals surface area (Å²) in [5.74, 6) is 1.39. The first-order chi connectivity index (χ1) is 14.6. The molecule has 1 fully saturated rings. The van der Waals surface area contributed by atoms with Gasteiger partial charge >= 0.3 is 0 Å². The summed E-state index contributed by atoms with van der Waals surface area (Å²) in [5.41, 5.74) is 9.04. The quantitative estimate of drug-likeness (QED) is 0.554. The minimum Gasteiger partial charge on any atom is -0.494 e. The highest BCUT2D eigenvalue weighted by Crippen LogP contribution is 2.19. The second-order valence-electron chi connectivity index (χ2n) is 8.00. The van der Waals surface area contributed by atoms with Crippen molar-refractivity contribution in [3.63, 3.8) is 0 Å². The van der Waals surface area contributed by atoms with Gasteiger partial charge in [0.15, 0.2) is 0 Å². The number of carbonyl (C=O) groups is 1. The summed E-state index contributed by atoms with van der Waals surface area (Å²) in [5, 5.41) is 6.39. The van der Waals surface area contributed by atoms with Crippen LogP contribution in [0.25, 0.3) is 0 Å². The van der Waals surface area contributed by atoms with Gasteiger partial charge < -0.3 is 21.1 Å². The lowest BCUT2D eigenvalue weighted by Gasteiger charge is -2.22. The summed E-state index contributed by atoms with van der Waals surface area (Å²) in [4.78, 5) is 20.6. The molecule has 30 heavy (non-hydrogen) atoms. The molecule has 1 saturated heterocycles. The van der Waals surface area contributed by atoms with Crippen molar-refractivity contribution in [1.82, 2.24) is 20.6 Å². The van der Waals surface area contributed by atoms with Gasteiger partial charge in [-0.1, -0.05) is 6.07 Å². The molecular weight excluding hydrogens is 378 g/mol. The molecule has 1 aromatic carbocycles. The summed E-state index contributed by atoms with van der Waals surface area (Å²) in [6.45, 7) is 5.41. The number of nitrogens with two attached hydrogens (primary N) is 1. The molecule has 7 nitrogen and oxygen atoms in total. The molecule has 7 heteroatoms. The number of nitrogens with one attached hydrogen (secondary N) is 2. The topological polar surface area (TPSA) is 102 Å². The molecule has 162 valence electrons. The molecule has 1 aromatic heterocycles. The van der Waals surface area contributed by atoms with Gasteiger partial charge in [-0.3, -0.25) is 14.8 Å². The average Bonchev–Trinajstić information content (AvgIpc) is 2.79. The summed E-state index contributed by atoms with van der Waals surface area (Å²) in [7, 11) is 0. The Balaban J connectivity index is 1.43. The first kappa shape index (κ1) is 22.2. The Morgan fingerprint density at radius 1 is 1.40 bits per heavy atom. The van der Waals surface area contributed by atoms with Crippen LogP contribution in [0, 0.1) is 12.8 Å². The van der Waals surface area contributed by atoms with E-state index in [1.54, 1.807) is 18.6 Å². The molecule has 2 heterocycles. The van der Waals surface area contributed by atoms with E-state index in [1.165, 1.54) is 12.8 Å². The van der Waals surface area contributed by atoms with Crippen LogP contribution in [-0.2, 0) is 17.8 Å². The number of nitrogens with zero attached hydrogens (tertiary/aromatic N) is 2. The summed E-state index contributed by atoms with van der Waals surface area (Å²) < 4.78 is 5.97. The molecule has 0 bridgehead atoms. The van der Waals surface area contributed by atoms with Gasteiger partial charge in [0.25, 0.3) is 0 Å². The Kier molecular flexibility index (Phi) is 8.59. The van der Waals surface area contributed by atoms with Crippen LogP contribution in [0.1, 0.15) is 42.5 Å². The van der Waals surface area contributed by atoms with Crippen LogP contribution < -0.4 is 21.1 Å². The van der Waals surface area contributed by atoms with Gasteiger partial charge in [-0.2, -0.15) is 0 Å². The number of aromatic nitrogens is 2. The number of carbonyl (C=O) groups excluding carboxylic acids is 1. The second kappa shape index (κ2) is 11.6. The third-order valence-electron chi connectivity index (χ3n) is 5.63. The average molecular weight is 412 g/mol. The fourth-order valence-electron chi connectivity index (χ4n) is 3.65. The molecule has 2 aromatic rings. The Morgan fingerprint density at radius 2 is 2.30 bits per heavy atom. The van der Waals surface area contributed by atoms with Crippen LogP contribution in [0.4, 0.5) is 0 Å². The maximum Gasteiger partial charge on any atom is 0.237 e. The predicted molar refractivity (Wildman–Crippen MR) is 117 cm³/mol. The molecule has 0 spiro atoms. The van der Waals surface area contributed by atoms with Crippen LogP contribution in [0.2, 0.25) is 0 Å². The number of piperidine rings is 1. The molecule has 0 saturated carbocycles. The van der Waals surface area contributed by atoms with Crippen molar-refractivity contribution in [3.05, 3.63) is 53.6 Å². The van der Waals surface area contributed by atoms with E-state index in [1.807, 2.05) is 25.1 Å². The molecule has 1 amide bonds. The van der Waals surface area contributed by atoms with Gasteiger partial charge in [-0.15, -0.1) is 0 Å². The Hall–Kier alpha value is -2.51. The van der Waals surface area contributed by atoms with E-state index in [9.17, 15) is 4.79 Å². The SMILES string of the molecule is Cc1ccc(OCCC2CCCNC2)cc1CNC(=O)C(N)CCc1cnccn1. The molecule has 4 N–H and O–H groups in total. The van der Waals surface area contributed by atoms with Crippen molar-refractivity contribution >= 4 is 5.91 Å². The minimum atomic E-state index is -0.573. The normalized spacial score (nSPS) is 17.3. The van der Waals surface area contributed by atoms with E-state index in [2.05, 4.69) is 20.6 Å².